The van der Waals surface area contributed by atoms with Gasteiger partial charge in [0.05, 0.1) is 13.2 Å². The van der Waals surface area contributed by atoms with E-state index >= 15 is 0 Å². The van der Waals surface area contributed by atoms with Crippen LogP contribution in [0, 0.1) is 0 Å². The Morgan fingerprint density at radius 2 is 2.00 bits per heavy atom. The number of fused-ring (bicyclic) bond motifs is 1. The zero-order valence-corrected chi connectivity index (χ0v) is 14.4. The fourth-order valence-corrected chi connectivity index (χ4v) is 3.06. The van der Waals surface area contributed by atoms with Gasteiger partial charge in [0, 0.05) is 38.3 Å². The van der Waals surface area contributed by atoms with E-state index in [1.807, 2.05) is 24.3 Å². The molecule has 0 bridgehead atoms. The summed E-state index contributed by atoms with van der Waals surface area (Å²) in [5.41, 5.74) is 6.27. The van der Waals surface area contributed by atoms with Crippen LogP contribution in [0.3, 0.4) is 0 Å². The number of morpholine rings is 1. The van der Waals surface area contributed by atoms with Crippen molar-refractivity contribution >= 4 is 16.7 Å². The van der Waals surface area contributed by atoms with Crippen molar-refractivity contribution in [1.29, 1.82) is 0 Å². The van der Waals surface area contributed by atoms with Gasteiger partial charge in [0.2, 0.25) is 0 Å². The number of nitrogens with one attached hydrogen (secondary N) is 1. The van der Waals surface area contributed by atoms with E-state index in [1.54, 1.807) is 0 Å². The topological polar surface area (TPSA) is 76.8 Å². The van der Waals surface area contributed by atoms with Gasteiger partial charge in [0.15, 0.2) is 6.61 Å². The monoisotopic (exact) mass is 343 g/mol. The summed E-state index contributed by atoms with van der Waals surface area (Å²) in [4.78, 5) is 13.4. The summed E-state index contributed by atoms with van der Waals surface area (Å²) in [6.45, 7) is 6.05. The first-order valence-electron chi connectivity index (χ1n) is 8.66. The summed E-state index contributed by atoms with van der Waals surface area (Å²) in [6, 6.07) is 12.1. The lowest BCUT2D eigenvalue weighted by Crippen LogP contribution is -2.40. The quantitative estimate of drug-likeness (QED) is 0.703. The average Bonchev–Trinajstić information content (AvgIpc) is 2.64. The molecule has 0 saturated carbocycles. The Hall–Kier alpha value is -2.15. The van der Waals surface area contributed by atoms with Gasteiger partial charge < -0.3 is 20.5 Å². The van der Waals surface area contributed by atoms with Crippen LogP contribution >= 0.6 is 0 Å². The van der Waals surface area contributed by atoms with Crippen LogP contribution in [-0.4, -0.2) is 56.8 Å². The van der Waals surface area contributed by atoms with Crippen LogP contribution < -0.4 is 15.8 Å². The lowest BCUT2D eigenvalue weighted by atomic mass is 10.0. The lowest BCUT2D eigenvalue weighted by molar-refractivity contribution is -0.119. The van der Waals surface area contributed by atoms with Gasteiger partial charge in [0.25, 0.3) is 5.91 Å². The first kappa shape index (κ1) is 17.7. The third kappa shape index (κ3) is 4.92. The van der Waals surface area contributed by atoms with Crippen LogP contribution in [0.2, 0.25) is 0 Å². The highest BCUT2D eigenvalue weighted by atomic mass is 16.5. The van der Waals surface area contributed by atoms with Crippen molar-refractivity contribution in [2.45, 2.75) is 6.54 Å². The fourth-order valence-electron chi connectivity index (χ4n) is 3.06. The molecule has 0 unspecified atom stereocenters. The van der Waals surface area contributed by atoms with Crippen molar-refractivity contribution in [1.82, 2.24) is 10.2 Å². The number of hydrogen-bond donors (Lipinski definition) is 2. The third-order valence-electron chi connectivity index (χ3n) is 4.38. The molecule has 3 rings (SSSR count). The van der Waals surface area contributed by atoms with Crippen LogP contribution in [0.15, 0.2) is 36.4 Å². The van der Waals surface area contributed by atoms with E-state index in [1.165, 1.54) is 0 Å². The molecule has 0 spiro atoms. The largest absolute Gasteiger partial charge is 0.483 e. The molecule has 1 aliphatic rings. The number of benzene rings is 2. The predicted octanol–water partition coefficient (Wildman–Crippen LogP) is 1.13. The van der Waals surface area contributed by atoms with Gasteiger partial charge >= 0.3 is 0 Å². The summed E-state index contributed by atoms with van der Waals surface area (Å²) >= 11 is 0. The molecule has 2 aromatic rings. The van der Waals surface area contributed by atoms with Gasteiger partial charge in [-0.05, 0) is 16.8 Å². The number of carbonyl (C=O) groups excluding carboxylic acids is 1. The number of rotatable bonds is 8. The van der Waals surface area contributed by atoms with Gasteiger partial charge in [-0.2, -0.15) is 0 Å². The highest BCUT2D eigenvalue weighted by molar-refractivity contribution is 5.88. The van der Waals surface area contributed by atoms with Gasteiger partial charge in [-0.1, -0.05) is 30.3 Å². The number of nitrogens with two attached hydrogens (primary N) is 1. The normalized spacial score (nSPS) is 15.4. The zero-order chi connectivity index (χ0) is 17.5. The van der Waals surface area contributed by atoms with Gasteiger partial charge in [-0.15, -0.1) is 0 Å². The zero-order valence-electron chi connectivity index (χ0n) is 14.4. The van der Waals surface area contributed by atoms with E-state index in [0.29, 0.717) is 12.3 Å². The molecular formula is C19H25N3O3. The van der Waals surface area contributed by atoms with Gasteiger partial charge in [-0.3, -0.25) is 9.69 Å². The molecule has 0 aliphatic carbocycles. The molecule has 6 heteroatoms. The van der Waals surface area contributed by atoms with Gasteiger partial charge in [-0.25, -0.2) is 0 Å². The van der Waals surface area contributed by atoms with Crippen molar-refractivity contribution in [2.75, 3.05) is 46.0 Å². The second kappa shape index (κ2) is 8.80. The lowest BCUT2D eigenvalue weighted by Gasteiger charge is -2.26. The molecule has 0 radical (unpaired) electrons. The molecule has 6 nitrogen and oxygen atoms in total. The van der Waals surface area contributed by atoms with Crippen molar-refractivity contribution in [3.8, 4) is 5.75 Å². The van der Waals surface area contributed by atoms with Crippen LogP contribution in [0.4, 0.5) is 0 Å². The molecule has 134 valence electrons. The molecule has 1 aliphatic heterocycles. The molecule has 0 atom stereocenters. The first-order chi connectivity index (χ1) is 12.2. The molecule has 3 N–H and O–H groups in total. The van der Waals surface area contributed by atoms with Gasteiger partial charge in [0.1, 0.15) is 5.75 Å². The summed E-state index contributed by atoms with van der Waals surface area (Å²) in [6.07, 6.45) is 0. The molecule has 1 fully saturated rings. The van der Waals surface area contributed by atoms with E-state index in [0.717, 1.165) is 55.7 Å². The number of primary amides is 1. The maximum absolute atomic E-state index is 11.0. The minimum absolute atomic E-state index is 0.112. The van der Waals surface area contributed by atoms with Crippen LogP contribution in [0.25, 0.3) is 10.8 Å². The minimum atomic E-state index is -0.473. The Morgan fingerprint density at radius 1 is 1.20 bits per heavy atom. The van der Waals surface area contributed by atoms with Crippen LogP contribution in [-0.2, 0) is 16.1 Å². The molecule has 1 saturated heterocycles. The number of carbonyl (C=O) groups is 1. The minimum Gasteiger partial charge on any atom is -0.483 e. The SMILES string of the molecule is NC(=O)COc1ccc2ccccc2c1CNCCN1CCOCC1. The Morgan fingerprint density at radius 3 is 2.80 bits per heavy atom. The van der Waals surface area contributed by atoms with Crippen molar-refractivity contribution < 1.29 is 14.3 Å². The Labute approximate surface area is 147 Å². The summed E-state index contributed by atoms with van der Waals surface area (Å²) in [5.74, 6) is 0.232. The van der Waals surface area contributed by atoms with Crippen molar-refractivity contribution in [2.24, 2.45) is 5.73 Å². The van der Waals surface area contributed by atoms with E-state index in [9.17, 15) is 4.79 Å². The van der Waals surface area contributed by atoms with E-state index in [4.69, 9.17) is 15.2 Å². The Kier molecular flexibility index (Phi) is 6.22. The maximum Gasteiger partial charge on any atom is 0.255 e. The standard InChI is InChI=1S/C19H25N3O3/c20-19(23)14-25-18-6-5-15-3-1-2-4-16(15)17(18)13-21-7-8-22-9-11-24-12-10-22/h1-6,21H,7-14H2,(H2,20,23). The molecule has 1 heterocycles. The van der Waals surface area contributed by atoms with Crippen molar-refractivity contribution in [3.05, 3.63) is 42.0 Å². The van der Waals surface area contributed by atoms with Crippen molar-refractivity contribution in [3.63, 3.8) is 0 Å². The smallest absolute Gasteiger partial charge is 0.255 e. The highest BCUT2D eigenvalue weighted by Gasteiger charge is 2.12. The maximum atomic E-state index is 11.0. The highest BCUT2D eigenvalue weighted by Crippen LogP contribution is 2.28. The number of nitrogens with zero attached hydrogens (tertiary/aromatic N) is 1. The molecule has 25 heavy (non-hydrogen) atoms. The second-order valence-corrected chi connectivity index (χ2v) is 6.15. The van der Waals surface area contributed by atoms with Crippen LogP contribution in [0.1, 0.15) is 5.56 Å². The van der Waals surface area contributed by atoms with E-state index in [-0.39, 0.29) is 6.61 Å². The predicted molar refractivity (Wildman–Crippen MR) is 97.6 cm³/mol. The van der Waals surface area contributed by atoms with E-state index < -0.39 is 5.91 Å². The molecule has 0 aromatic heterocycles. The van der Waals surface area contributed by atoms with E-state index in [2.05, 4.69) is 22.3 Å². The molecule has 1 amide bonds. The second-order valence-electron chi connectivity index (χ2n) is 6.15. The number of ether oxygens (including phenoxy) is 2. The summed E-state index contributed by atoms with van der Waals surface area (Å²) in [5, 5.41) is 5.77. The molecular weight excluding hydrogens is 318 g/mol. The summed E-state index contributed by atoms with van der Waals surface area (Å²) in [7, 11) is 0. The fraction of sp³-hybridized carbons (Fsp3) is 0.421. The first-order valence-corrected chi connectivity index (χ1v) is 8.66. The molecule has 2 aromatic carbocycles. The van der Waals surface area contributed by atoms with Crippen LogP contribution in [0.5, 0.6) is 5.75 Å². The average molecular weight is 343 g/mol. The third-order valence-corrected chi connectivity index (χ3v) is 4.38. The Bertz CT molecular complexity index is 714. The number of hydrogen-bond acceptors (Lipinski definition) is 5. The number of amides is 1. The Balaban J connectivity index is 1.66. The summed E-state index contributed by atoms with van der Waals surface area (Å²) < 4.78 is 11.0.